The van der Waals surface area contributed by atoms with Crippen molar-refractivity contribution in [3.8, 4) is 5.75 Å². The van der Waals surface area contributed by atoms with Crippen LogP contribution >= 0.6 is 11.6 Å². The fourth-order valence-electron chi connectivity index (χ4n) is 2.89. The van der Waals surface area contributed by atoms with Gasteiger partial charge in [0, 0.05) is 17.1 Å². The molecule has 29 heavy (non-hydrogen) atoms. The highest BCUT2D eigenvalue weighted by atomic mass is 35.5. The number of hydrogen-bond acceptors (Lipinski definition) is 3. The van der Waals surface area contributed by atoms with Crippen molar-refractivity contribution in [2.45, 2.75) is 52.2 Å². The smallest absolute Gasteiger partial charge is 0.242 e. The minimum absolute atomic E-state index is 0.147. The third-order valence-electron chi connectivity index (χ3n) is 4.48. The quantitative estimate of drug-likeness (QED) is 0.735. The molecule has 2 amide bonds. The van der Waals surface area contributed by atoms with Crippen LogP contribution in [-0.4, -0.2) is 35.4 Å². The van der Waals surface area contributed by atoms with Gasteiger partial charge in [0.05, 0.1) is 13.5 Å². The van der Waals surface area contributed by atoms with Gasteiger partial charge in [0.1, 0.15) is 11.8 Å². The highest BCUT2D eigenvalue weighted by molar-refractivity contribution is 6.31. The molecule has 0 aliphatic rings. The van der Waals surface area contributed by atoms with E-state index in [1.807, 2.05) is 63.2 Å². The number of methoxy groups -OCH3 is 1. The molecule has 0 saturated heterocycles. The second kappa shape index (κ2) is 9.79. The molecule has 5 nitrogen and oxygen atoms in total. The van der Waals surface area contributed by atoms with Crippen LogP contribution in [0.15, 0.2) is 48.5 Å². The number of benzene rings is 2. The monoisotopic (exact) mass is 416 g/mol. The molecule has 0 saturated carbocycles. The first-order chi connectivity index (χ1) is 13.6. The van der Waals surface area contributed by atoms with Gasteiger partial charge in [-0.05, 0) is 57.0 Å². The average molecular weight is 417 g/mol. The van der Waals surface area contributed by atoms with Gasteiger partial charge in [-0.15, -0.1) is 0 Å². The molecule has 6 heteroatoms. The third-order valence-corrected chi connectivity index (χ3v) is 4.85. The van der Waals surface area contributed by atoms with Crippen LogP contribution in [0.5, 0.6) is 5.75 Å². The molecule has 156 valence electrons. The standard InChI is InChI=1S/C23H29ClN2O3/c1-16(22(28)25-23(2,3)4)26(15-18-8-6-7-9-20(18)24)21(27)14-17-10-12-19(29-5)13-11-17/h6-13,16H,14-15H2,1-5H3,(H,25,28). The lowest BCUT2D eigenvalue weighted by Crippen LogP contribution is -2.52. The Labute approximate surface area is 178 Å². The van der Waals surface area contributed by atoms with Gasteiger partial charge in [-0.1, -0.05) is 41.9 Å². The lowest BCUT2D eigenvalue weighted by Gasteiger charge is -2.31. The Morgan fingerprint density at radius 2 is 1.72 bits per heavy atom. The van der Waals surface area contributed by atoms with E-state index in [0.29, 0.717) is 5.02 Å². The fraction of sp³-hybridized carbons (Fsp3) is 0.391. The van der Waals surface area contributed by atoms with Crippen LogP contribution in [0, 0.1) is 0 Å². The number of ether oxygens (including phenoxy) is 1. The van der Waals surface area contributed by atoms with Crippen molar-refractivity contribution in [2.24, 2.45) is 0 Å². The largest absolute Gasteiger partial charge is 0.497 e. The van der Waals surface area contributed by atoms with Crippen molar-refractivity contribution >= 4 is 23.4 Å². The van der Waals surface area contributed by atoms with Gasteiger partial charge in [-0.3, -0.25) is 9.59 Å². The van der Waals surface area contributed by atoms with Gasteiger partial charge in [-0.2, -0.15) is 0 Å². The third kappa shape index (κ3) is 6.79. The molecular formula is C23H29ClN2O3. The van der Waals surface area contributed by atoms with E-state index < -0.39 is 6.04 Å². The van der Waals surface area contributed by atoms with Gasteiger partial charge in [0.15, 0.2) is 0 Å². The number of halogens is 1. The summed E-state index contributed by atoms with van der Waals surface area (Å²) in [4.78, 5) is 27.5. The lowest BCUT2D eigenvalue weighted by atomic mass is 10.1. The maximum absolute atomic E-state index is 13.2. The molecule has 1 atom stereocenters. The number of rotatable bonds is 7. The second-order valence-corrected chi connectivity index (χ2v) is 8.46. The maximum atomic E-state index is 13.2. The van der Waals surface area contributed by atoms with Crippen LogP contribution < -0.4 is 10.1 Å². The van der Waals surface area contributed by atoms with Crippen LogP contribution in [0.4, 0.5) is 0 Å². The normalized spacial score (nSPS) is 12.2. The zero-order chi connectivity index (χ0) is 21.6. The number of nitrogens with zero attached hydrogens (tertiary/aromatic N) is 1. The van der Waals surface area contributed by atoms with Gasteiger partial charge in [0.25, 0.3) is 0 Å². The highest BCUT2D eigenvalue weighted by Gasteiger charge is 2.28. The van der Waals surface area contributed by atoms with Crippen LogP contribution in [0.3, 0.4) is 0 Å². The van der Waals surface area contributed by atoms with Gasteiger partial charge >= 0.3 is 0 Å². The van der Waals surface area contributed by atoms with Crippen molar-refractivity contribution in [1.82, 2.24) is 10.2 Å². The second-order valence-electron chi connectivity index (χ2n) is 8.05. The van der Waals surface area contributed by atoms with Crippen LogP contribution in [0.2, 0.25) is 5.02 Å². The van der Waals surface area contributed by atoms with Crippen molar-refractivity contribution in [1.29, 1.82) is 0 Å². The summed E-state index contributed by atoms with van der Waals surface area (Å²) in [5.74, 6) is 0.381. The van der Waals surface area contributed by atoms with E-state index in [9.17, 15) is 9.59 Å². The average Bonchev–Trinajstić information content (AvgIpc) is 2.66. The topological polar surface area (TPSA) is 58.6 Å². The van der Waals surface area contributed by atoms with Gasteiger partial charge < -0.3 is 15.0 Å². The number of hydrogen-bond donors (Lipinski definition) is 1. The summed E-state index contributed by atoms with van der Waals surface area (Å²) in [6.07, 6.45) is 0.182. The van der Waals surface area contributed by atoms with Crippen molar-refractivity contribution in [3.63, 3.8) is 0 Å². The zero-order valence-corrected chi connectivity index (χ0v) is 18.4. The van der Waals surface area contributed by atoms with Gasteiger partial charge in [-0.25, -0.2) is 0 Å². The molecule has 0 aliphatic carbocycles. The molecule has 0 aliphatic heterocycles. The molecule has 0 radical (unpaired) electrons. The summed E-state index contributed by atoms with van der Waals surface area (Å²) in [6.45, 7) is 7.73. The maximum Gasteiger partial charge on any atom is 0.242 e. The van der Waals surface area contributed by atoms with E-state index in [2.05, 4.69) is 5.32 Å². The summed E-state index contributed by atoms with van der Waals surface area (Å²) in [7, 11) is 1.60. The molecular weight excluding hydrogens is 388 g/mol. The molecule has 0 heterocycles. The Morgan fingerprint density at radius 1 is 1.10 bits per heavy atom. The Morgan fingerprint density at radius 3 is 2.28 bits per heavy atom. The molecule has 0 fully saturated rings. The number of nitrogens with one attached hydrogen (secondary N) is 1. The van der Waals surface area contributed by atoms with Crippen LogP contribution in [-0.2, 0) is 22.6 Å². The highest BCUT2D eigenvalue weighted by Crippen LogP contribution is 2.20. The van der Waals surface area contributed by atoms with E-state index in [1.165, 1.54) is 0 Å². The minimum Gasteiger partial charge on any atom is -0.497 e. The Hall–Kier alpha value is -2.53. The number of carbonyl (C=O) groups is 2. The molecule has 0 aromatic heterocycles. The lowest BCUT2D eigenvalue weighted by molar-refractivity contribution is -0.140. The summed E-state index contributed by atoms with van der Waals surface area (Å²) in [5.41, 5.74) is 1.26. The van der Waals surface area contributed by atoms with E-state index in [1.54, 1.807) is 25.0 Å². The van der Waals surface area contributed by atoms with Gasteiger partial charge in [0.2, 0.25) is 11.8 Å². The SMILES string of the molecule is COc1ccc(CC(=O)N(Cc2ccccc2Cl)C(C)C(=O)NC(C)(C)C)cc1. The van der Waals surface area contributed by atoms with Crippen molar-refractivity contribution in [3.05, 3.63) is 64.7 Å². The first-order valence-electron chi connectivity index (χ1n) is 9.58. The molecule has 1 unspecified atom stereocenters. The summed E-state index contributed by atoms with van der Waals surface area (Å²) in [5, 5.41) is 3.52. The summed E-state index contributed by atoms with van der Waals surface area (Å²) >= 11 is 6.30. The predicted molar refractivity (Wildman–Crippen MR) is 116 cm³/mol. The Kier molecular flexibility index (Phi) is 7.68. The first kappa shape index (κ1) is 22.8. The Balaban J connectivity index is 2.25. The van der Waals surface area contributed by atoms with E-state index in [0.717, 1.165) is 16.9 Å². The minimum atomic E-state index is -0.642. The first-order valence-corrected chi connectivity index (χ1v) is 9.96. The van der Waals surface area contributed by atoms with E-state index >= 15 is 0 Å². The van der Waals surface area contributed by atoms with Crippen molar-refractivity contribution in [2.75, 3.05) is 7.11 Å². The van der Waals surface area contributed by atoms with Crippen molar-refractivity contribution < 1.29 is 14.3 Å². The van der Waals surface area contributed by atoms with E-state index in [4.69, 9.17) is 16.3 Å². The molecule has 2 rings (SSSR count). The molecule has 1 N–H and O–H groups in total. The van der Waals surface area contributed by atoms with E-state index in [-0.39, 0.29) is 30.3 Å². The summed E-state index contributed by atoms with van der Waals surface area (Å²) < 4.78 is 5.17. The predicted octanol–water partition coefficient (Wildman–Crippen LogP) is 4.22. The summed E-state index contributed by atoms with van der Waals surface area (Å²) in [6, 6.07) is 14.0. The molecule has 0 bridgehead atoms. The molecule has 2 aromatic carbocycles. The van der Waals surface area contributed by atoms with Crippen LogP contribution in [0.1, 0.15) is 38.8 Å². The van der Waals surface area contributed by atoms with Crippen LogP contribution in [0.25, 0.3) is 0 Å². The fourth-order valence-corrected chi connectivity index (χ4v) is 3.08. The number of carbonyl (C=O) groups excluding carboxylic acids is 2. The molecule has 2 aromatic rings. The number of amides is 2. The Bertz CT molecular complexity index is 844. The molecule has 0 spiro atoms. The zero-order valence-electron chi connectivity index (χ0n) is 17.7.